The van der Waals surface area contributed by atoms with E-state index in [1.807, 2.05) is 6.07 Å². The maximum atomic E-state index is 12.8. The topological polar surface area (TPSA) is 44.1 Å². The van der Waals surface area contributed by atoms with Crippen molar-refractivity contribution in [3.63, 3.8) is 0 Å². The van der Waals surface area contributed by atoms with E-state index in [9.17, 15) is 9.18 Å². The van der Waals surface area contributed by atoms with E-state index in [-0.39, 0.29) is 12.3 Å². The maximum Gasteiger partial charge on any atom is 0.253 e. The molecule has 1 aromatic rings. The number of carbonyl (C=O) groups is 1. The van der Waals surface area contributed by atoms with Crippen LogP contribution in [0.15, 0.2) is 24.3 Å². The van der Waals surface area contributed by atoms with Gasteiger partial charge in [0.25, 0.3) is 5.91 Å². The van der Waals surface area contributed by atoms with E-state index >= 15 is 0 Å². The molecule has 0 aliphatic carbocycles. The van der Waals surface area contributed by atoms with Crippen LogP contribution in [0, 0.1) is 17.1 Å². The first kappa shape index (κ1) is 11.2. The van der Waals surface area contributed by atoms with Gasteiger partial charge in [0.15, 0.2) is 0 Å². The molecule has 0 fully saturated rings. The predicted octanol–water partition coefficient (Wildman–Crippen LogP) is 1.81. The van der Waals surface area contributed by atoms with E-state index in [1.165, 1.54) is 23.1 Å². The molecule has 78 valence electrons. The van der Waals surface area contributed by atoms with Crippen LogP contribution in [-0.4, -0.2) is 24.4 Å². The van der Waals surface area contributed by atoms with Crippen LogP contribution in [0.2, 0.25) is 0 Å². The second-order valence-corrected chi connectivity index (χ2v) is 3.15. The van der Waals surface area contributed by atoms with Crippen molar-refractivity contribution in [3.8, 4) is 6.07 Å². The van der Waals surface area contributed by atoms with Gasteiger partial charge in [0.1, 0.15) is 5.82 Å². The van der Waals surface area contributed by atoms with Crippen molar-refractivity contribution in [2.45, 2.75) is 6.42 Å². The second-order valence-electron chi connectivity index (χ2n) is 3.15. The molecule has 0 spiro atoms. The third-order valence-electron chi connectivity index (χ3n) is 1.98. The summed E-state index contributed by atoms with van der Waals surface area (Å²) in [5, 5.41) is 8.36. The molecular formula is C11H11FN2O. The minimum atomic E-state index is -0.436. The van der Waals surface area contributed by atoms with Crippen LogP contribution in [0.5, 0.6) is 0 Å². The maximum absolute atomic E-state index is 12.8. The molecular weight excluding hydrogens is 195 g/mol. The lowest BCUT2D eigenvalue weighted by Gasteiger charge is -2.15. The molecule has 0 atom stereocenters. The third-order valence-corrected chi connectivity index (χ3v) is 1.98. The Morgan fingerprint density at radius 2 is 2.33 bits per heavy atom. The smallest absolute Gasteiger partial charge is 0.253 e. The minimum Gasteiger partial charge on any atom is -0.341 e. The molecule has 1 amide bonds. The summed E-state index contributed by atoms with van der Waals surface area (Å²) in [6, 6.07) is 7.45. The lowest BCUT2D eigenvalue weighted by Crippen LogP contribution is -2.27. The standard InChI is InChI=1S/C11H11FN2O/c1-14(7-3-6-13)11(15)9-4-2-5-10(12)8-9/h2,4-5,8H,3,7H2,1H3. The Morgan fingerprint density at radius 3 is 2.93 bits per heavy atom. The Labute approximate surface area is 87.7 Å². The molecule has 4 heteroatoms. The number of amides is 1. The SMILES string of the molecule is CN(CCC#N)C(=O)c1cccc(F)c1. The zero-order valence-corrected chi connectivity index (χ0v) is 8.40. The van der Waals surface area contributed by atoms with Crippen molar-refractivity contribution in [2.75, 3.05) is 13.6 Å². The molecule has 0 N–H and O–H groups in total. The van der Waals surface area contributed by atoms with Gasteiger partial charge in [0, 0.05) is 19.2 Å². The molecule has 0 aliphatic rings. The summed E-state index contributed by atoms with van der Waals surface area (Å²) in [4.78, 5) is 13.1. The summed E-state index contributed by atoms with van der Waals surface area (Å²) in [6.07, 6.45) is 0.275. The molecule has 0 aromatic heterocycles. The molecule has 0 saturated heterocycles. The fraction of sp³-hybridized carbons (Fsp3) is 0.273. The summed E-state index contributed by atoms with van der Waals surface area (Å²) in [5.41, 5.74) is 0.301. The number of halogens is 1. The van der Waals surface area contributed by atoms with Crippen molar-refractivity contribution in [3.05, 3.63) is 35.6 Å². The van der Waals surface area contributed by atoms with Gasteiger partial charge in [-0.1, -0.05) is 6.07 Å². The quantitative estimate of drug-likeness (QED) is 0.757. The summed E-state index contributed by atoms with van der Waals surface area (Å²) >= 11 is 0. The van der Waals surface area contributed by atoms with E-state index in [4.69, 9.17) is 5.26 Å². The Morgan fingerprint density at radius 1 is 1.60 bits per heavy atom. The zero-order valence-electron chi connectivity index (χ0n) is 8.40. The number of rotatable bonds is 3. The van der Waals surface area contributed by atoms with Crippen LogP contribution in [0.1, 0.15) is 16.8 Å². The fourth-order valence-corrected chi connectivity index (χ4v) is 1.16. The van der Waals surface area contributed by atoms with E-state index in [0.717, 1.165) is 0 Å². The average molecular weight is 206 g/mol. The van der Waals surface area contributed by atoms with Gasteiger partial charge in [0.05, 0.1) is 12.5 Å². The van der Waals surface area contributed by atoms with Gasteiger partial charge in [0.2, 0.25) is 0 Å². The third kappa shape index (κ3) is 3.06. The van der Waals surface area contributed by atoms with Gasteiger partial charge in [-0.25, -0.2) is 4.39 Å². The molecule has 0 unspecified atom stereocenters. The molecule has 15 heavy (non-hydrogen) atoms. The van der Waals surface area contributed by atoms with Crippen LogP contribution < -0.4 is 0 Å². The van der Waals surface area contributed by atoms with Gasteiger partial charge in [-0.2, -0.15) is 5.26 Å². The highest BCUT2D eigenvalue weighted by Gasteiger charge is 2.11. The number of nitrogens with zero attached hydrogens (tertiary/aromatic N) is 2. The number of carbonyl (C=O) groups excluding carboxylic acids is 1. The van der Waals surface area contributed by atoms with Crippen LogP contribution in [0.25, 0.3) is 0 Å². The highest BCUT2D eigenvalue weighted by atomic mass is 19.1. The number of hydrogen-bond donors (Lipinski definition) is 0. The Hall–Kier alpha value is -1.89. The van der Waals surface area contributed by atoms with Gasteiger partial charge < -0.3 is 4.90 Å². The first-order valence-corrected chi connectivity index (χ1v) is 4.53. The van der Waals surface area contributed by atoms with Crippen molar-refractivity contribution < 1.29 is 9.18 Å². The molecule has 0 saturated carbocycles. The first-order valence-electron chi connectivity index (χ1n) is 4.53. The number of hydrogen-bond acceptors (Lipinski definition) is 2. The summed E-state index contributed by atoms with van der Waals surface area (Å²) in [6.45, 7) is 0.353. The monoisotopic (exact) mass is 206 g/mol. The lowest BCUT2D eigenvalue weighted by atomic mass is 10.2. The zero-order chi connectivity index (χ0) is 11.3. The Kier molecular flexibility index (Phi) is 3.81. The van der Waals surface area contributed by atoms with Gasteiger partial charge in [-0.05, 0) is 18.2 Å². The van der Waals surface area contributed by atoms with Crippen LogP contribution in [0.4, 0.5) is 4.39 Å². The van der Waals surface area contributed by atoms with E-state index < -0.39 is 5.82 Å². The average Bonchev–Trinajstić information content (AvgIpc) is 2.24. The minimum absolute atomic E-state index is 0.273. The first-order chi connectivity index (χ1) is 7.15. The van der Waals surface area contributed by atoms with Crippen molar-refractivity contribution >= 4 is 5.91 Å². The molecule has 3 nitrogen and oxygen atoms in total. The molecule has 1 aromatic carbocycles. The second kappa shape index (κ2) is 5.11. The summed E-state index contributed by atoms with van der Waals surface area (Å²) in [5.74, 6) is -0.709. The van der Waals surface area contributed by atoms with Gasteiger partial charge in [-0.15, -0.1) is 0 Å². The summed E-state index contributed by atoms with van der Waals surface area (Å²) in [7, 11) is 1.59. The van der Waals surface area contributed by atoms with Gasteiger partial charge in [-0.3, -0.25) is 4.79 Å². The van der Waals surface area contributed by atoms with Crippen LogP contribution in [0.3, 0.4) is 0 Å². The van der Waals surface area contributed by atoms with Gasteiger partial charge >= 0.3 is 0 Å². The number of benzene rings is 1. The largest absolute Gasteiger partial charge is 0.341 e. The van der Waals surface area contributed by atoms with Crippen molar-refractivity contribution in [1.29, 1.82) is 5.26 Å². The van der Waals surface area contributed by atoms with Crippen LogP contribution in [-0.2, 0) is 0 Å². The number of nitriles is 1. The highest BCUT2D eigenvalue weighted by molar-refractivity contribution is 5.94. The van der Waals surface area contributed by atoms with Crippen LogP contribution >= 0.6 is 0 Å². The highest BCUT2D eigenvalue weighted by Crippen LogP contribution is 2.06. The predicted molar refractivity (Wildman–Crippen MR) is 53.6 cm³/mol. The molecule has 0 heterocycles. The van der Waals surface area contributed by atoms with Crippen molar-refractivity contribution in [1.82, 2.24) is 4.90 Å². The van der Waals surface area contributed by atoms with Crippen molar-refractivity contribution in [2.24, 2.45) is 0 Å². The Balaban J connectivity index is 2.72. The molecule has 1 rings (SSSR count). The Bertz CT molecular complexity index is 398. The molecule has 0 radical (unpaired) electrons. The van der Waals surface area contributed by atoms with E-state index in [1.54, 1.807) is 13.1 Å². The fourth-order valence-electron chi connectivity index (χ4n) is 1.16. The molecule has 0 bridgehead atoms. The summed E-state index contributed by atoms with van der Waals surface area (Å²) < 4.78 is 12.8. The molecule has 0 aliphatic heterocycles. The normalized spacial score (nSPS) is 9.40. The lowest BCUT2D eigenvalue weighted by molar-refractivity contribution is 0.0797. The van der Waals surface area contributed by atoms with E-state index in [0.29, 0.717) is 12.1 Å². The van der Waals surface area contributed by atoms with E-state index in [2.05, 4.69) is 0 Å².